The number of aliphatic imine (C=N–C) groups is 1. The second-order valence-corrected chi connectivity index (χ2v) is 6.54. The average molecular weight is 349 g/mol. The molecule has 3 heteroatoms. The number of hydrogen-bond acceptors (Lipinski definition) is 3. The van der Waals surface area contributed by atoms with Crippen LogP contribution in [-0.4, -0.2) is 16.6 Å². The number of fused-ring (bicyclic) bond motifs is 3. The van der Waals surface area contributed by atoms with Crippen molar-refractivity contribution in [2.24, 2.45) is 4.99 Å². The maximum atomic E-state index is 13.1. The van der Waals surface area contributed by atoms with Gasteiger partial charge >= 0.3 is 0 Å². The summed E-state index contributed by atoms with van der Waals surface area (Å²) in [4.78, 5) is 17.9. The molecule has 0 saturated carbocycles. The summed E-state index contributed by atoms with van der Waals surface area (Å²) in [6.45, 7) is 0. The standard InChI is InChI=1S/C24H15NO2/c26-23-19-13-7-6-12-18(19)22(25-16-9-2-1-3-10-16)21-20(23)14-15-8-4-5-11-17(15)24(21)27/h1-14,27H. The van der Waals surface area contributed by atoms with Gasteiger partial charge in [-0.25, -0.2) is 4.99 Å². The fourth-order valence-electron chi connectivity index (χ4n) is 3.66. The summed E-state index contributed by atoms with van der Waals surface area (Å²) in [5, 5.41) is 12.6. The Morgan fingerprint density at radius 3 is 2.19 bits per heavy atom. The van der Waals surface area contributed by atoms with Gasteiger partial charge in [0.25, 0.3) is 0 Å². The zero-order valence-electron chi connectivity index (χ0n) is 14.4. The lowest BCUT2D eigenvalue weighted by molar-refractivity contribution is 0.103. The van der Waals surface area contributed by atoms with E-state index in [1.807, 2.05) is 84.9 Å². The van der Waals surface area contributed by atoms with E-state index in [2.05, 4.69) is 0 Å². The molecule has 4 aromatic carbocycles. The molecule has 1 aliphatic rings. The van der Waals surface area contributed by atoms with Crippen molar-refractivity contribution in [2.45, 2.75) is 0 Å². The number of aromatic hydroxyl groups is 1. The molecular weight excluding hydrogens is 334 g/mol. The number of carbonyl (C=O) groups excluding carboxylic acids is 1. The van der Waals surface area contributed by atoms with Crippen molar-refractivity contribution in [3.8, 4) is 5.75 Å². The zero-order valence-corrected chi connectivity index (χ0v) is 14.4. The molecule has 27 heavy (non-hydrogen) atoms. The Labute approximate surface area is 156 Å². The van der Waals surface area contributed by atoms with Gasteiger partial charge in [0.1, 0.15) is 5.75 Å². The van der Waals surface area contributed by atoms with Gasteiger partial charge in [-0.3, -0.25) is 4.79 Å². The molecule has 0 atom stereocenters. The molecule has 5 rings (SSSR count). The van der Waals surface area contributed by atoms with Crippen LogP contribution < -0.4 is 0 Å². The fourth-order valence-corrected chi connectivity index (χ4v) is 3.66. The highest BCUT2D eigenvalue weighted by Gasteiger charge is 2.31. The third-order valence-corrected chi connectivity index (χ3v) is 4.93. The highest BCUT2D eigenvalue weighted by molar-refractivity contribution is 6.32. The van der Waals surface area contributed by atoms with Crippen LogP contribution in [0.5, 0.6) is 5.75 Å². The van der Waals surface area contributed by atoms with Gasteiger partial charge in [0.15, 0.2) is 5.78 Å². The maximum absolute atomic E-state index is 13.1. The average Bonchev–Trinajstić information content (AvgIpc) is 2.72. The number of carbonyl (C=O) groups is 1. The van der Waals surface area contributed by atoms with E-state index in [0.717, 1.165) is 16.6 Å². The van der Waals surface area contributed by atoms with Gasteiger partial charge in [0.2, 0.25) is 0 Å². The van der Waals surface area contributed by atoms with E-state index in [0.29, 0.717) is 27.8 Å². The van der Waals surface area contributed by atoms with Crippen LogP contribution in [0.25, 0.3) is 10.8 Å². The second kappa shape index (κ2) is 5.92. The van der Waals surface area contributed by atoms with Crippen molar-refractivity contribution in [3.63, 3.8) is 0 Å². The summed E-state index contributed by atoms with van der Waals surface area (Å²) in [6, 6.07) is 26.4. The highest BCUT2D eigenvalue weighted by Crippen LogP contribution is 2.39. The van der Waals surface area contributed by atoms with Gasteiger partial charge < -0.3 is 5.11 Å². The molecule has 0 aliphatic heterocycles. The van der Waals surface area contributed by atoms with Crippen molar-refractivity contribution in [2.75, 3.05) is 0 Å². The molecule has 0 fully saturated rings. The topological polar surface area (TPSA) is 49.7 Å². The molecule has 1 aliphatic carbocycles. The largest absolute Gasteiger partial charge is 0.507 e. The van der Waals surface area contributed by atoms with Crippen LogP contribution in [0.4, 0.5) is 5.69 Å². The van der Waals surface area contributed by atoms with E-state index in [-0.39, 0.29) is 11.5 Å². The predicted molar refractivity (Wildman–Crippen MR) is 107 cm³/mol. The predicted octanol–water partition coefficient (Wildman–Crippen LogP) is 5.26. The van der Waals surface area contributed by atoms with Crippen molar-refractivity contribution >= 4 is 28.0 Å². The van der Waals surface area contributed by atoms with Gasteiger partial charge in [-0.05, 0) is 23.6 Å². The Morgan fingerprint density at radius 2 is 1.37 bits per heavy atom. The first-order valence-corrected chi connectivity index (χ1v) is 8.77. The van der Waals surface area contributed by atoms with Gasteiger partial charge in [0.05, 0.1) is 17.0 Å². The minimum absolute atomic E-state index is 0.0892. The minimum atomic E-state index is -0.0892. The SMILES string of the molecule is O=C1c2ccccc2C(=Nc2ccccc2)c2c1cc1ccccc1c2O. The lowest BCUT2D eigenvalue weighted by atomic mass is 9.81. The summed E-state index contributed by atoms with van der Waals surface area (Å²) in [5.74, 6) is 0.00861. The van der Waals surface area contributed by atoms with Crippen LogP contribution in [0.15, 0.2) is 89.9 Å². The Balaban J connectivity index is 1.90. The molecular formula is C24H15NO2. The van der Waals surface area contributed by atoms with E-state index < -0.39 is 0 Å². The molecule has 0 radical (unpaired) electrons. The Morgan fingerprint density at radius 1 is 0.704 bits per heavy atom. The van der Waals surface area contributed by atoms with E-state index in [4.69, 9.17) is 4.99 Å². The van der Waals surface area contributed by atoms with Gasteiger partial charge in [-0.1, -0.05) is 66.7 Å². The zero-order chi connectivity index (χ0) is 18.4. The summed E-state index contributed by atoms with van der Waals surface area (Å²) in [6.07, 6.45) is 0. The number of ketones is 1. The van der Waals surface area contributed by atoms with Crippen LogP contribution in [0.3, 0.4) is 0 Å². The Hall–Kier alpha value is -3.72. The molecule has 0 saturated heterocycles. The number of phenolic OH excluding ortho intramolecular Hbond substituents is 1. The molecule has 0 bridgehead atoms. The summed E-state index contributed by atoms with van der Waals surface area (Å²) < 4.78 is 0. The molecule has 3 nitrogen and oxygen atoms in total. The molecule has 0 amide bonds. The number of nitrogens with zero attached hydrogens (tertiary/aromatic N) is 1. The first-order valence-electron chi connectivity index (χ1n) is 8.77. The number of hydrogen-bond donors (Lipinski definition) is 1. The number of para-hydroxylation sites is 1. The summed E-state index contributed by atoms with van der Waals surface area (Å²) in [5.41, 5.74) is 3.73. The first-order chi connectivity index (χ1) is 13.2. The Kier molecular flexibility index (Phi) is 3.41. The highest BCUT2D eigenvalue weighted by atomic mass is 16.3. The van der Waals surface area contributed by atoms with E-state index in [1.54, 1.807) is 0 Å². The van der Waals surface area contributed by atoms with Crippen LogP contribution in [0.1, 0.15) is 27.0 Å². The van der Waals surface area contributed by atoms with E-state index >= 15 is 0 Å². The number of benzene rings is 4. The maximum Gasteiger partial charge on any atom is 0.194 e. The second-order valence-electron chi connectivity index (χ2n) is 6.54. The van der Waals surface area contributed by atoms with Gasteiger partial charge in [0, 0.05) is 22.1 Å². The number of rotatable bonds is 1. The normalized spacial score (nSPS) is 14.2. The minimum Gasteiger partial charge on any atom is -0.507 e. The van der Waals surface area contributed by atoms with Crippen LogP contribution in [-0.2, 0) is 0 Å². The van der Waals surface area contributed by atoms with Gasteiger partial charge in [-0.2, -0.15) is 0 Å². The molecule has 1 N–H and O–H groups in total. The van der Waals surface area contributed by atoms with E-state index in [9.17, 15) is 9.90 Å². The molecule has 0 spiro atoms. The van der Waals surface area contributed by atoms with Crippen LogP contribution in [0.2, 0.25) is 0 Å². The van der Waals surface area contributed by atoms with E-state index in [1.165, 1.54) is 0 Å². The third-order valence-electron chi connectivity index (χ3n) is 4.93. The molecule has 4 aromatic rings. The smallest absolute Gasteiger partial charge is 0.194 e. The Bertz CT molecular complexity index is 1240. The summed E-state index contributed by atoms with van der Waals surface area (Å²) >= 11 is 0. The fraction of sp³-hybridized carbons (Fsp3) is 0. The summed E-state index contributed by atoms with van der Waals surface area (Å²) in [7, 11) is 0. The first kappa shape index (κ1) is 15.5. The molecule has 0 heterocycles. The quantitative estimate of drug-likeness (QED) is 0.449. The van der Waals surface area contributed by atoms with Crippen molar-refractivity contribution < 1.29 is 9.90 Å². The van der Waals surface area contributed by atoms with Crippen molar-refractivity contribution in [1.29, 1.82) is 0 Å². The monoisotopic (exact) mass is 349 g/mol. The lowest BCUT2D eigenvalue weighted by Gasteiger charge is -2.22. The lowest BCUT2D eigenvalue weighted by Crippen LogP contribution is -2.21. The molecule has 128 valence electrons. The van der Waals surface area contributed by atoms with Crippen molar-refractivity contribution in [3.05, 3.63) is 107 Å². The molecule has 0 unspecified atom stereocenters. The van der Waals surface area contributed by atoms with Crippen LogP contribution in [0, 0.1) is 0 Å². The van der Waals surface area contributed by atoms with Crippen LogP contribution >= 0.6 is 0 Å². The third kappa shape index (κ3) is 2.36. The van der Waals surface area contributed by atoms with Crippen molar-refractivity contribution in [1.82, 2.24) is 0 Å². The number of phenols is 1. The molecule has 0 aromatic heterocycles. The van der Waals surface area contributed by atoms with Gasteiger partial charge in [-0.15, -0.1) is 0 Å².